The maximum Gasteiger partial charge on any atom is 0.238 e. The van der Waals surface area contributed by atoms with E-state index in [1.807, 2.05) is 0 Å². The molecular weight excluding hydrogens is 300 g/mol. The topological polar surface area (TPSA) is 75.3 Å². The third-order valence-electron chi connectivity index (χ3n) is 3.19. The number of para-hydroxylation sites is 1. The normalized spacial score (nSPS) is 20.8. The summed E-state index contributed by atoms with van der Waals surface area (Å²) in [7, 11) is -2.86. The molecule has 1 saturated heterocycles. The van der Waals surface area contributed by atoms with E-state index in [4.69, 9.17) is 11.6 Å². The maximum atomic E-state index is 11.7. The van der Waals surface area contributed by atoms with Crippen molar-refractivity contribution < 1.29 is 13.2 Å². The zero-order valence-electron chi connectivity index (χ0n) is 10.9. The van der Waals surface area contributed by atoms with Gasteiger partial charge >= 0.3 is 0 Å². The van der Waals surface area contributed by atoms with E-state index >= 15 is 0 Å². The lowest BCUT2D eigenvalue weighted by Crippen LogP contribution is -2.32. The second kappa shape index (κ2) is 6.56. The monoisotopic (exact) mass is 316 g/mol. The standard InChI is InChI=1S/C13H17ClN2O3S/c14-11-3-1-2-4-12(11)16-13(17)8-15-7-10-5-6-20(18,19)9-10/h1-4,10,15H,5-9H2,(H,16,17). The minimum atomic E-state index is -2.86. The molecule has 0 saturated carbocycles. The third-order valence-corrected chi connectivity index (χ3v) is 5.36. The molecule has 2 N–H and O–H groups in total. The smallest absolute Gasteiger partial charge is 0.238 e. The molecule has 7 heteroatoms. The number of amides is 1. The van der Waals surface area contributed by atoms with Gasteiger partial charge in [-0.3, -0.25) is 4.79 Å². The highest BCUT2D eigenvalue weighted by molar-refractivity contribution is 7.91. The molecule has 1 atom stereocenters. The number of benzene rings is 1. The van der Waals surface area contributed by atoms with Crippen molar-refractivity contribution in [1.82, 2.24) is 5.32 Å². The number of halogens is 1. The van der Waals surface area contributed by atoms with E-state index in [0.717, 1.165) is 0 Å². The minimum absolute atomic E-state index is 0.105. The quantitative estimate of drug-likeness (QED) is 0.858. The lowest BCUT2D eigenvalue weighted by molar-refractivity contribution is -0.115. The van der Waals surface area contributed by atoms with Crippen LogP contribution in [0.3, 0.4) is 0 Å². The Morgan fingerprint density at radius 3 is 2.75 bits per heavy atom. The molecule has 1 amide bonds. The van der Waals surface area contributed by atoms with Gasteiger partial charge in [-0.1, -0.05) is 23.7 Å². The molecule has 5 nitrogen and oxygen atoms in total. The number of anilines is 1. The van der Waals surface area contributed by atoms with Crippen molar-refractivity contribution in [2.75, 3.05) is 29.9 Å². The molecule has 1 aromatic rings. The van der Waals surface area contributed by atoms with Gasteiger partial charge in [0.2, 0.25) is 5.91 Å². The summed E-state index contributed by atoms with van der Waals surface area (Å²) in [6, 6.07) is 7.01. The second-order valence-electron chi connectivity index (χ2n) is 4.93. The number of carbonyl (C=O) groups is 1. The van der Waals surface area contributed by atoms with Crippen molar-refractivity contribution >= 4 is 33.0 Å². The molecule has 0 bridgehead atoms. The molecule has 2 rings (SSSR count). The minimum Gasteiger partial charge on any atom is -0.324 e. The van der Waals surface area contributed by atoms with E-state index < -0.39 is 9.84 Å². The highest BCUT2D eigenvalue weighted by atomic mass is 35.5. The summed E-state index contributed by atoms with van der Waals surface area (Å²) in [5.74, 6) is 0.379. The van der Waals surface area contributed by atoms with Crippen molar-refractivity contribution in [1.29, 1.82) is 0 Å². The fourth-order valence-electron chi connectivity index (χ4n) is 2.18. The third kappa shape index (κ3) is 4.47. The van der Waals surface area contributed by atoms with E-state index in [9.17, 15) is 13.2 Å². The summed E-state index contributed by atoms with van der Waals surface area (Å²) in [4.78, 5) is 11.7. The van der Waals surface area contributed by atoms with Gasteiger partial charge in [-0.05, 0) is 31.0 Å². The van der Waals surface area contributed by atoms with E-state index in [1.165, 1.54) is 0 Å². The van der Waals surface area contributed by atoms with Crippen molar-refractivity contribution in [2.45, 2.75) is 6.42 Å². The van der Waals surface area contributed by atoms with Gasteiger partial charge < -0.3 is 10.6 Å². The zero-order chi connectivity index (χ0) is 14.6. The van der Waals surface area contributed by atoms with Crippen LogP contribution < -0.4 is 10.6 Å². The first-order valence-corrected chi connectivity index (χ1v) is 8.62. The summed E-state index contributed by atoms with van der Waals surface area (Å²) in [6.07, 6.45) is 0.668. The molecule has 0 spiro atoms. The Morgan fingerprint density at radius 2 is 2.10 bits per heavy atom. The largest absolute Gasteiger partial charge is 0.324 e. The van der Waals surface area contributed by atoms with Gasteiger partial charge in [-0.2, -0.15) is 0 Å². The number of sulfone groups is 1. The van der Waals surface area contributed by atoms with Crippen LogP contribution >= 0.6 is 11.6 Å². The molecule has 0 radical (unpaired) electrons. The molecule has 0 aromatic heterocycles. The van der Waals surface area contributed by atoms with Crippen LogP contribution in [-0.2, 0) is 14.6 Å². The van der Waals surface area contributed by atoms with Crippen molar-refractivity contribution in [3.8, 4) is 0 Å². The lowest BCUT2D eigenvalue weighted by Gasteiger charge is -2.10. The van der Waals surface area contributed by atoms with Crippen molar-refractivity contribution in [2.24, 2.45) is 5.92 Å². The van der Waals surface area contributed by atoms with E-state index in [-0.39, 0.29) is 29.9 Å². The van der Waals surface area contributed by atoms with E-state index in [2.05, 4.69) is 10.6 Å². The fourth-order valence-corrected chi connectivity index (χ4v) is 4.22. The molecule has 1 aliphatic rings. The predicted octanol–water partition coefficient (Wildman–Crippen LogP) is 1.30. The van der Waals surface area contributed by atoms with Gasteiger partial charge in [0.1, 0.15) is 0 Å². The van der Waals surface area contributed by atoms with Gasteiger partial charge in [-0.25, -0.2) is 8.42 Å². The molecule has 1 aromatic carbocycles. The molecular formula is C13H17ClN2O3S. The first kappa shape index (κ1) is 15.3. The van der Waals surface area contributed by atoms with Crippen LogP contribution in [0.5, 0.6) is 0 Å². The first-order valence-electron chi connectivity index (χ1n) is 6.42. The Balaban J connectivity index is 1.72. The molecule has 20 heavy (non-hydrogen) atoms. The van der Waals surface area contributed by atoms with Crippen LogP contribution in [0.2, 0.25) is 5.02 Å². The van der Waals surface area contributed by atoms with Gasteiger partial charge in [-0.15, -0.1) is 0 Å². The van der Waals surface area contributed by atoms with Crippen LogP contribution in [0.1, 0.15) is 6.42 Å². The van der Waals surface area contributed by atoms with Gasteiger partial charge in [0.15, 0.2) is 9.84 Å². The Morgan fingerprint density at radius 1 is 1.35 bits per heavy atom. The van der Waals surface area contributed by atoms with E-state index in [0.29, 0.717) is 23.7 Å². The molecule has 110 valence electrons. The van der Waals surface area contributed by atoms with Crippen LogP contribution in [-0.4, -0.2) is 38.9 Å². The van der Waals surface area contributed by atoms with Gasteiger partial charge in [0, 0.05) is 0 Å². The molecule has 0 aliphatic carbocycles. The van der Waals surface area contributed by atoms with Crippen molar-refractivity contribution in [3.63, 3.8) is 0 Å². The van der Waals surface area contributed by atoms with Gasteiger partial charge in [0.05, 0.1) is 28.8 Å². The Bertz CT molecular complexity index is 589. The number of carbonyl (C=O) groups excluding carboxylic acids is 1. The van der Waals surface area contributed by atoms with Crippen LogP contribution in [0.25, 0.3) is 0 Å². The number of nitrogens with one attached hydrogen (secondary N) is 2. The maximum absolute atomic E-state index is 11.7. The Kier molecular flexibility index (Phi) is 5.01. The summed E-state index contributed by atoms with van der Waals surface area (Å²) >= 11 is 5.94. The second-order valence-corrected chi connectivity index (χ2v) is 7.56. The molecule has 1 heterocycles. The average Bonchev–Trinajstić information content (AvgIpc) is 2.72. The highest BCUT2D eigenvalue weighted by Gasteiger charge is 2.27. The lowest BCUT2D eigenvalue weighted by atomic mass is 10.1. The molecule has 1 aliphatic heterocycles. The average molecular weight is 317 g/mol. The van der Waals surface area contributed by atoms with Crippen LogP contribution in [0, 0.1) is 5.92 Å². The summed E-state index contributed by atoms with van der Waals surface area (Å²) in [5.41, 5.74) is 0.574. The molecule has 1 fully saturated rings. The van der Waals surface area contributed by atoms with Crippen LogP contribution in [0.15, 0.2) is 24.3 Å². The Hall–Kier alpha value is -1.11. The zero-order valence-corrected chi connectivity index (χ0v) is 12.5. The summed E-state index contributed by atoms with van der Waals surface area (Å²) in [5, 5.41) is 6.17. The number of hydrogen-bond donors (Lipinski definition) is 2. The number of rotatable bonds is 5. The fraction of sp³-hybridized carbons (Fsp3) is 0.462. The predicted molar refractivity (Wildman–Crippen MR) is 79.7 cm³/mol. The Labute approximate surface area is 123 Å². The highest BCUT2D eigenvalue weighted by Crippen LogP contribution is 2.20. The molecule has 1 unspecified atom stereocenters. The number of hydrogen-bond acceptors (Lipinski definition) is 4. The summed E-state index contributed by atoms with van der Waals surface area (Å²) < 4.78 is 22.6. The van der Waals surface area contributed by atoms with E-state index in [1.54, 1.807) is 24.3 Å². The SMILES string of the molecule is O=C(CNCC1CCS(=O)(=O)C1)Nc1ccccc1Cl. The summed E-state index contributed by atoms with van der Waals surface area (Å²) in [6.45, 7) is 0.678. The van der Waals surface area contributed by atoms with Crippen LogP contribution in [0.4, 0.5) is 5.69 Å². The van der Waals surface area contributed by atoms with Gasteiger partial charge in [0.25, 0.3) is 0 Å². The first-order chi connectivity index (χ1) is 9.46. The van der Waals surface area contributed by atoms with Crippen molar-refractivity contribution in [3.05, 3.63) is 29.3 Å².